The number of rotatable bonds is 4. The van der Waals surface area contributed by atoms with Crippen LogP contribution in [0.1, 0.15) is 0 Å². The second-order valence-corrected chi connectivity index (χ2v) is 4.28. The molecule has 98 valence electrons. The van der Waals surface area contributed by atoms with Gasteiger partial charge in [-0.3, -0.25) is 4.79 Å². The Labute approximate surface area is 119 Å². The van der Waals surface area contributed by atoms with E-state index >= 15 is 0 Å². The maximum atomic E-state index is 11.6. The van der Waals surface area contributed by atoms with Gasteiger partial charge in [0.1, 0.15) is 11.6 Å². The zero-order valence-corrected chi connectivity index (χ0v) is 11.1. The van der Waals surface area contributed by atoms with Crippen LogP contribution in [0.3, 0.4) is 0 Å². The Bertz CT molecular complexity index is 593. The normalized spacial score (nSPS) is 10.0. The maximum Gasteiger partial charge on any atom is 0.263 e. The van der Waals surface area contributed by atoms with Crippen molar-refractivity contribution in [1.82, 2.24) is 9.97 Å². The van der Waals surface area contributed by atoms with Gasteiger partial charge in [0.2, 0.25) is 5.28 Å². The molecule has 0 bridgehead atoms. The number of hydrogen-bond donors (Lipinski definition) is 1. The highest BCUT2D eigenvalue weighted by Gasteiger charge is 2.05. The van der Waals surface area contributed by atoms with Crippen molar-refractivity contribution < 1.29 is 9.53 Å². The summed E-state index contributed by atoms with van der Waals surface area (Å²) in [5.41, 5.74) is 0. The molecule has 0 aliphatic rings. The maximum absolute atomic E-state index is 11.6. The zero-order chi connectivity index (χ0) is 13.7. The fraction of sp³-hybridized carbons (Fsp3) is 0.0833. The Morgan fingerprint density at radius 2 is 2.16 bits per heavy atom. The van der Waals surface area contributed by atoms with Gasteiger partial charge in [0.15, 0.2) is 6.61 Å². The highest BCUT2D eigenvalue weighted by Crippen LogP contribution is 2.17. The Kier molecular flexibility index (Phi) is 4.54. The summed E-state index contributed by atoms with van der Waals surface area (Å²) < 4.78 is 5.28. The summed E-state index contributed by atoms with van der Waals surface area (Å²) in [6.07, 6.45) is 1.45. The average molecular weight is 298 g/mol. The van der Waals surface area contributed by atoms with Crippen molar-refractivity contribution in [2.75, 3.05) is 11.9 Å². The minimum atomic E-state index is -0.352. The first-order valence-corrected chi connectivity index (χ1v) is 6.06. The molecule has 2 rings (SSSR count). The molecule has 0 unspecified atom stereocenters. The molecule has 19 heavy (non-hydrogen) atoms. The van der Waals surface area contributed by atoms with Gasteiger partial charge in [0.05, 0.1) is 0 Å². The predicted octanol–water partition coefficient (Wildman–Crippen LogP) is 2.80. The number of nitrogens with one attached hydrogen (secondary N) is 1. The third-order valence-electron chi connectivity index (χ3n) is 2.06. The van der Waals surface area contributed by atoms with Crippen molar-refractivity contribution in [3.63, 3.8) is 0 Å². The van der Waals surface area contributed by atoms with Crippen molar-refractivity contribution >= 4 is 34.9 Å². The molecule has 1 N–H and O–H groups in total. The van der Waals surface area contributed by atoms with E-state index in [2.05, 4.69) is 15.3 Å². The van der Waals surface area contributed by atoms with E-state index in [1.807, 2.05) is 0 Å². The van der Waals surface area contributed by atoms with Gasteiger partial charge in [-0.1, -0.05) is 17.7 Å². The van der Waals surface area contributed by atoms with Gasteiger partial charge in [-0.2, -0.15) is 0 Å². The number of ether oxygens (including phenoxy) is 1. The quantitative estimate of drug-likeness (QED) is 0.882. The average Bonchev–Trinajstić information content (AvgIpc) is 2.36. The number of amides is 1. The Hall–Kier alpha value is -1.85. The van der Waals surface area contributed by atoms with E-state index in [9.17, 15) is 4.79 Å². The van der Waals surface area contributed by atoms with E-state index in [0.717, 1.165) is 0 Å². The highest BCUT2D eigenvalue weighted by atomic mass is 35.5. The Morgan fingerprint density at radius 3 is 2.89 bits per heavy atom. The van der Waals surface area contributed by atoms with E-state index in [0.29, 0.717) is 16.6 Å². The molecule has 1 aromatic carbocycles. The number of benzene rings is 1. The van der Waals surface area contributed by atoms with Gasteiger partial charge in [-0.15, -0.1) is 0 Å². The lowest BCUT2D eigenvalue weighted by molar-refractivity contribution is -0.118. The lowest BCUT2D eigenvalue weighted by Gasteiger charge is -2.07. The molecule has 5 nitrogen and oxygen atoms in total. The van der Waals surface area contributed by atoms with Crippen LogP contribution in [0.15, 0.2) is 36.5 Å². The van der Waals surface area contributed by atoms with Crippen LogP contribution in [0.5, 0.6) is 5.75 Å². The van der Waals surface area contributed by atoms with Crippen LogP contribution in [-0.4, -0.2) is 22.5 Å². The second kappa shape index (κ2) is 6.36. The van der Waals surface area contributed by atoms with Crippen LogP contribution in [0, 0.1) is 0 Å². The molecule has 1 amide bonds. The van der Waals surface area contributed by atoms with E-state index in [1.54, 1.807) is 24.3 Å². The number of hydrogen-bond acceptors (Lipinski definition) is 4. The first kappa shape index (κ1) is 13.6. The van der Waals surface area contributed by atoms with Crippen molar-refractivity contribution in [3.05, 3.63) is 46.8 Å². The minimum absolute atomic E-state index is 0.0635. The molecule has 0 radical (unpaired) electrons. The molecule has 0 aliphatic carbocycles. The summed E-state index contributed by atoms with van der Waals surface area (Å²) in [7, 11) is 0. The zero-order valence-electron chi connectivity index (χ0n) is 9.64. The van der Waals surface area contributed by atoms with Crippen molar-refractivity contribution in [1.29, 1.82) is 0 Å². The van der Waals surface area contributed by atoms with Gasteiger partial charge in [0.25, 0.3) is 5.91 Å². The minimum Gasteiger partial charge on any atom is -0.484 e. The van der Waals surface area contributed by atoms with Crippen LogP contribution in [0.2, 0.25) is 10.3 Å². The number of anilines is 1. The molecule has 0 saturated carbocycles. The summed E-state index contributed by atoms with van der Waals surface area (Å²) >= 11 is 11.4. The topological polar surface area (TPSA) is 64.1 Å². The fourth-order valence-electron chi connectivity index (χ4n) is 1.29. The Morgan fingerprint density at radius 1 is 1.32 bits per heavy atom. The van der Waals surface area contributed by atoms with Gasteiger partial charge in [-0.25, -0.2) is 9.97 Å². The monoisotopic (exact) mass is 297 g/mol. The van der Waals surface area contributed by atoms with Crippen LogP contribution in [-0.2, 0) is 4.79 Å². The fourth-order valence-corrected chi connectivity index (χ4v) is 1.62. The number of nitrogens with zero attached hydrogens (tertiary/aromatic N) is 2. The number of halogens is 2. The van der Waals surface area contributed by atoms with Crippen molar-refractivity contribution in [2.24, 2.45) is 0 Å². The van der Waals surface area contributed by atoms with E-state index in [1.165, 1.54) is 12.3 Å². The molecule has 0 fully saturated rings. The number of carbonyl (C=O) groups excluding carboxylic acids is 1. The summed E-state index contributed by atoms with van der Waals surface area (Å²) in [6, 6.07) is 8.32. The third-order valence-corrected chi connectivity index (χ3v) is 2.48. The molecule has 0 saturated heterocycles. The summed E-state index contributed by atoms with van der Waals surface area (Å²) in [4.78, 5) is 19.1. The summed E-state index contributed by atoms with van der Waals surface area (Å²) in [5.74, 6) is 0.484. The van der Waals surface area contributed by atoms with Crippen molar-refractivity contribution in [3.8, 4) is 5.75 Å². The van der Waals surface area contributed by atoms with Gasteiger partial charge < -0.3 is 10.1 Å². The Balaban J connectivity index is 1.88. The van der Waals surface area contributed by atoms with Crippen molar-refractivity contribution in [2.45, 2.75) is 0 Å². The van der Waals surface area contributed by atoms with Crippen LogP contribution < -0.4 is 10.1 Å². The van der Waals surface area contributed by atoms with Crippen LogP contribution >= 0.6 is 23.2 Å². The molecule has 2 aromatic rings. The lowest BCUT2D eigenvalue weighted by atomic mass is 10.3. The molecular formula is C12H9Cl2N3O2. The van der Waals surface area contributed by atoms with Crippen LogP contribution in [0.4, 0.5) is 5.82 Å². The molecule has 0 atom stereocenters. The van der Waals surface area contributed by atoms with E-state index in [-0.39, 0.29) is 17.8 Å². The molecule has 0 aliphatic heterocycles. The van der Waals surface area contributed by atoms with E-state index < -0.39 is 0 Å². The lowest BCUT2D eigenvalue weighted by Crippen LogP contribution is -2.20. The molecule has 7 heteroatoms. The van der Waals surface area contributed by atoms with E-state index in [4.69, 9.17) is 27.9 Å². The smallest absolute Gasteiger partial charge is 0.263 e. The second-order valence-electron chi connectivity index (χ2n) is 3.51. The van der Waals surface area contributed by atoms with Crippen LogP contribution in [0.25, 0.3) is 0 Å². The largest absolute Gasteiger partial charge is 0.484 e. The SMILES string of the molecule is O=C(COc1cccc(Cl)c1)Nc1ccnc(Cl)n1. The highest BCUT2D eigenvalue weighted by molar-refractivity contribution is 6.30. The molecular weight excluding hydrogens is 289 g/mol. The first-order chi connectivity index (χ1) is 9.13. The molecule has 1 aromatic heterocycles. The van der Waals surface area contributed by atoms with Gasteiger partial charge in [0, 0.05) is 11.2 Å². The van der Waals surface area contributed by atoms with Gasteiger partial charge in [-0.05, 0) is 35.9 Å². The molecule has 1 heterocycles. The predicted molar refractivity (Wildman–Crippen MR) is 72.6 cm³/mol. The molecule has 0 spiro atoms. The first-order valence-electron chi connectivity index (χ1n) is 5.30. The number of carbonyl (C=O) groups is 1. The third kappa shape index (κ3) is 4.39. The standard InChI is InChI=1S/C12H9Cl2N3O2/c13-8-2-1-3-9(6-8)19-7-11(18)16-10-4-5-15-12(14)17-10/h1-6H,7H2,(H,15,16,17,18). The van der Waals surface area contributed by atoms with Gasteiger partial charge >= 0.3 is 0 Å². The summed E-state index contributed by atoms with van der Waals surface area (Å²) in [5, 5.41) is 3.14. The number of aromatic nitrogens is 2. The summed E-state index contributed by atoms with van der Waals surface area (Å²) in [6.45, 7) is -0.151.